The van der Waals surface area contributed by atoms with Crippen molar-refractivity contribution in [3.8, 4) is 5.69 Å². The number of benzene rings is 1. The summed E-state index contributed by atoms with van der Waals surface area (Å²) in [7, 11) is 0. The zero-order chi connectivity index (χ0) is 14.7. The van der Waals surface area contributed by atoms with Gasteiger partial charge in [0, 0.05) is 31.5 Å². The van der Waals surface area contributed by atoms with Crippen molar-refractivity contribution in [2.45, 2.75) is 25.6 Å². The van der Waals surface area contributed by atoms with Gasteiger partial charge in [0.25, 0.3) is 0 Å². The Kier molecular flexibility index (Phi) is 4.34. The van der Waals surface area contributed by atoms with E-state index in [2.05, 4.69) is 41.2 Å². The Bertz CT molecular complexity index is 553. The van der Waals surface area contributed by atoms with E-state index in [-0.39, 0.29) is 12.7 Å². The Hall–Kier alpha value is -1.69. The fourth-order valence-electron chi connectivity index (χ4n) is 2.62. The molecule has 2 unspecified atom stereocenters. The van der Waals surface area contributed by atoms with E-state index in [0.717, 1.165) is 18.8 Å². The molecule has 1 N–H and O–H groups in total. The highest BCUT2D eigenvalue weighted by molar-refractivity contribution is 5.33. The quantitative estimate of drug-likeness (QED) is 0.925. The van der Waals surface area contributed by atoms with Crippen molar-refractivity contribution >= 4 is 0 Å². The van der Waals surface area contributed by atoms with Gasteiger partial charge in [-0.15, -0.1) is 0 Å². The van der Waals surface area contributed by atoms with Crippen LogP contribution in [0.15, 0.2) is 42.7 Å². The third kappa shape index (κ3) is 3.32. The number of ether oxygens (including phenoxy) is 1. The van der Waals surface area contributed by atoms with Crippen molar-refractivity contribution < 1.29 is 9.84 Å². The fourth-order valence-corrected chi connectivity index (χ4v) is 2.62. The predicted molar refractivity (Wildman–Crippen MR) is 80.3 cm³/mol. The van der Waals surface area contributed by atoms with E-state index in [0.29, 0.717) is 12.6 Å². The summed E-state index contributed by atoms with van der Waals surface area (Å²) in [6, 6.07) is 10.7. The maximum absolute atomic E-state index is 9.24. The standard InChI is InChI=1S/C16H21N3O2/c1-13-12-21-16(11-20)10-18(13)9-14-3-5-15(6-4-14)19-8-2-7-17-19/h2-8,13,16,20H,9-12H2,1H3. The number of nitrogens with zero attached hydrogens (tertiary/aromatic N) is 3. The molecule has 2 heterocycles. The highest BCUT2D eigenvalue weighted by atomic mass is 16.5. The molecule has 0 spiro atoms. The summed E-state index contributed by atoms with van der Waals surface area (Å²) >= 11 is 0. The molecule has 1 aromatic heterocycles. The first-order valence-electron chi connectivity index (χ1n) is 7.31. The van der Waals surface area contributed by atoms with Gasteiger partial charge in [-0.25, -0.2) is 4.68 Å². The first-order valence-corrected chi connectivity index (χ1v) is 7.31. The van der Waals surface area contributed by atoms with Gasteiger partial charge in [0.1, 0.15) is 0 Å². The summed E-state index contributed by atoms with van der Waals surface area (Å²) in [6.45, 7) is 4.57. The second-order valence-corrected chi connectivity index (χ2v) is 5.53. The van der Waals surface area contributed by atoms with Crippen LogP contribution in [-0.2, 0) is 11.3 Å². The summed E-state index contributed by atoms with van der Waals surface area (Å²) in [4.78, 5) is 2.35. The van der Waals surface area contributed by atoms with Gasteiger partial charge in [-0.05, 0) is 30.7 Å². The molecular weight excluding hydrogens is 266 g/mol. The summed E-state index contributed by atoms with van der Waals surface area (Å²) < 4.78 is 7.42. The maximum atomic E-state index is 9.24. The van der Waals surface area contributed by atoms with E-state index >= 15 is 0 Å². The molecule has 2 atom stereocenters. The number of hydrogen-bond donors (Lipinski definition) is 1. The summed E-state index contributed by atoms with van der Waals surface area (Å²) in [6.07, 6.45) is 3.65. The number of aliphatic hydroxyl groups excluding tert-OH is 1. The first-order chi connectivity index (χ1) is 10.3. The number of morpholine rings is 1. The minimum atomic E-state index is -0.0652. The largest absolute Gasteiger partial charge is 0.394 e. The molecule has 21 heavy (non-hydrogen) atoms. The summed E-state index contributed by atoms with van der Waals surface area (Å²) in [5.74, 6) is 0. The number of aliphatic hydroxyl groups is 1. The Morgan fingerprint density at radius 1 is 1.33 bits per heavy atom. The lowest BCUT2D eigenvalue weighted by molar-refractivity contribution is -0.0805. The van der Waals surface area contributed by atoms with Gasteiger partial charge in [0.2, 0.25) is 0 Å². The molecule has 1 aliphatic rings. The molecule has 112 valence electrons. The summed E-state index contributed by atoms with van der Waals surface area (Å²) in [5.41, 5.74) is 2.32. The SMILES string of the molecule is CC1COC(CO)CN1Cc1ccc(-n2cccn2)cc1. The molecule has 1 aliphatic heterocycles. The van der Waals surface area contributed by atoms with Crippen molar-refractivity contribution in [2.24, 2.45) is 0 Å². The zero-order valence-corrected chi connectivity index (χ0v) is 12.2. The second kappa shape index (κ2) is 6.39. The van der Waals surface area contributed by atoms with Crippen molar-refractivity contribution in [3.63, 3.8) is 0 Å². The van der Waals surface area contributed by atoms with Crippen LogP contribution in [0.5, 0.6) is 0 Å². The van der Waals surface area contributed by atoms with Gasteiger partial charge in [-0.3, -0.25) is 4.90 Å². The molecular formula is C16H21N3O2. The molecule has 0 saturated carbocycles. The van der Waals surface area contributed by atoms with Gasteiger partial charge >= 0.3 is 0 Å². The Morgan fingerprint density at radius 2 is 2.14 bits per heavy atom. The molecule has 0 bridgehead atoms. The van der Waals surface area contributed by atoms with Crippen molar-refractivity contribution in [2.75, 3.05) is 19.8 Å². The Morgan fingerprint density at radius 3 is 2.81 bits per heavy atom. The smallest absolute Gasteiger partial charge is 0.0933 e. The van der Waals surface area contributed by atoms with E-state index in [4.69, 9.17) is 4.74 Å². The van der Waals surface area contributed by atoms with E-state index in [1.165, 1.54) is 5.56 Å². The topological polar surface area (TPSA) is 50.5 Å². The minimum absolute atomic E-state index is 0.0652. The van der Waals surface area contributed by atoms with Crippen LogP contribution < -0.4 is 0 Å². The van der Waals surface area contributed by atoms with Crippen LogP contribution in [0.3, 0.4) is 0 Å². The van der Waals surface area contributed by atoms with Crippen molar-refractivity contribution in [3.05, 3.63) is 48.3 Å². The maximum Gasteiger partial charge on any atom is 0.0933 e. The predicted octanol–water partition coefficient (Wildman–Crippen LogP) is 1.45. The third-order valence-electron chi connectivity index (χ3n) is 3.93. The average molecular weight is 287 g/mol. The van der Waals surface area contributed by atoms with Crippen LogP contribution in [0.25, 0.3) is 5.69 Å². The van der Waals surface area contributed by atoms with Gasteiger partial charge < -0.3 is 9.84 Å². The highest BCUT2D eigenvalue weighted by Crippen LogP contribution is 2.16. The molecule has 0 radical (unpaired) electrons. The van der Waals surface area contributed by atoms with Crippen LogP contribution in [0.4, 0.5) is 0 Å². The highest BCUT2D eigenvalue weighted by Gasteiger charge is 2.25. The fraction of sp³-hybridized carbons (Fsp3) is 0.438. The molecule has 0 aliphatic carbocycles. The van der Waals surface area contributed by atoms with Crippen LogP contribution in [0, 0.1) is 0 Å². The normalized spacial score (nSPS) is 23.3. The van der Waals surface area contributed by atoms with Gasteiger partial charge in [-0.1, -0.05) is 12.1 Å². The minimum Gasteiger partial charge on any atom is -0.394 e. The Balaban J connectivity index is 1.67. The molecule has 0 amide bonds. The van der Waals surface area contributed by atoms with E-state index < -0.39 is 0 Å². The molecule has 1 fully saturated rings. The van der Waals surface area contributed by atoms with E-state index in [1.54, 1.807) is 6.20 Å². The lowest BCUT2D eigenvalue weighted by Gasteiger charge is -2.37. The molecule has 2 aromatic rings. The lowest BCUT2D eigenvalue weighted by Crippen LogP contribution is -2.48. The lowest BCUT2D eigenvalue weighted by atomic mass is 10.1. The summed E-state index contributed by atoms with van der Waals surface area (Å²) in [5, 5.41) is 13.5. The average Bonchev–Trinajstić information content (AvgIpc) is 3.04. The monoisotopic (exact) mass is 287 g/mol. The molecule has 5 heteroatoms. The molecule has 1 aromatic carbocycles. The van der Waals surface area contributed by atoms with Crippen molar-refractivity contribution in [1.29, 1.82) is 0 Å². The second-order valence-electron chi connectivity index (χ2n) is 5.53. The number of aromatic nitrogens is 2. The zero-order valence-electron chi connectivity index (χ0n) is 12.2. The first kappa shape index (κ1) is 14.3. The van der Waals surface area contributed by atoms with Gasteiger partial charge in [0.05, 0.1) is 25.0 Å². The van der Waals surface area contributed by atoms with Crippen LogP contribution >= 0.6 is 0 Å². The van der Waals surface area contributed by atoms with Gasteiger partial charge in [0.15, 0.2) is 0 Å². The van der Waals surface area contributed by atoms with E-state index in [9.17, 15) is 5.11 Å². The van der Waals surface area contributed by atoms with Crippen LogP contribution in [-0.4, -0.2) is 51.7 Å². The molecule has 5 nitrogen and oxygen atoms in total. The molecule has 1 saturated heterocycles. The molecule has 3 rings (SSSR count). The third-order valence-corrected chi connectivity index (χ3v) is 3.93. The van der Waals surface area contributed by atoms with Crippen molar-refractivity contribution in [1.82, 2.24) is 14.7 Å². The number of hydrogen-bond acceptors (Lipinski definition) is 4. The Labute approximate surface area is 124 Å². The van der Waals surface area contributed by atoms with Gasteiger partial charge in [-0.2, -0.15) is 5.10 Å². The van der Waals surface area contributed by atoms with Crippen LogP contribution in [0.2, 0.25) is 0 Å². The number of rotatable bonds is 4. The van der Waals surface area contributed by atoms with Crippen LogP contribution in [0.1, 0.15) is 12.5 Å². The van der Waals surface area contributed by atoms with E-state index in [1.807, 2.05) is 16.9 Å².